The zero-order valence-electron chi connectivity index (χ0n) is 8.92. The van der Waals surface area contributed by atoms with E-state index in [-0.39, 0.29) is 0 Å². The van der Waals surface area contributed by atoms with Gasteiger partial charge in [0.2, 0.25) is 0 Å². The van der Waals surface area contributed by atoms with E-state index in [4.69, 9.17) is 0 Å². The number of benzene rings is 1. The molecule has 0 unspecified atom stereocenters. The average Bonchev–Trinajstić information content (AvgIpc) is 2.25. The van der Waals surface area contributed by atoms with E-state index in [2.05, 4.69) is 4.99 Å². The lowest BCUT2D eigenvalue weighted by atomic mass is 10.2. The van der Waals surface area contributed by atoms with Crippen molar-refractivity contribution in [2.24, 2.45) is 4.99 Å². The van der Waals surface area contributed by atoms with Crippen LogP contribution in [0, 0.1) is 0 Å². The molecule has 1 rings (SSSR count). The summed E-state index contributed by atoms with van der Waals surface area (Å²) < 4.78 is 0. The first-order valence-corrected chi connectivity index (χ1v) is 4.65. The third-order valence-electron chi connectivity index (χ3n) is 1.88. The highest BCUT2D eigenvalue weighted by molar-refractivity contribution is 5.81. The van der Waals surface area contributed by atoms with Gasteiger partial charge in [-0.3, -0.25) is 9.79 Å². The SMILES string of the molecule is CN(C)c1ccc(C=NC=CC=O)cc1. The quantitative estimate of drug-likeness (QED) is 0.424. The zero-order valence-corrected chi connectivity index (χ0v) is 8.92. The maximum atomic E-state index is 9.97. The molecule has 3 heteroatoms. The fourth-order valence-corrected chi connectivity index (χ4v) is 1.07. The second-order valence-electron chi connectivity index (χ2n) is 3.24. The van der Waals surface area contributed by atoms with E-state index in [1.807, 2.05) is 43.3 Å². The molecule has 0 fully saturated rings. The minimum Gasteiger partial charge on any atom is -0.378 e. The minimum absolute atomic E-state index is 0.701. The lowest BCUT2D eigenvalue weighted by molar-refractivity contribution is -0.104. The average molecular weight is 202 g/mol. The van der Waals surface area contributed by atoms with Crippen molar-refractivity contribution in [1.29, 1.82) is 0 Å². The van der Waals surface area contributed by atoms with Crippen molar-refractivity contribution in [3.8, 4) is 0 Å². The smallest absolute Gasteiger partial charge is 0.144 e. The number of nitrogens with zero attached hydrogens (tertiary/aromatic N) is 2. The number of carbonyl (C=O) groups excluding carboxylic acids is 1. The molecule has 0 radical (unpaired) electrons. The lowest BCUT2D eigenvalue weighted by Crippen LogP contribution is -2.08. The van der Waals surface area contributed by atoms with Crippen molar-refractivity contribution in [2.45, 2.75) is 0 Å². The van der Waals surface area contributed by atoms with Crippen LogP contribution in [0.5, 0.6) is 0 Å². The fourth-order valence-electron chi connectivity index (χ4n) is 1.07. The number of aliphatic imine (C=N–C) groups is 1. The first-order chi connectivity index (χ1) is 7.24. The van der Waals surface area contributed by atoms with Crippen molar-refractivity contribution < 1.29 is 4.79 Å². The van der Waals surface area contributed by atoms with Gasteiger partial charge in [0.05, 0.1) is 0 Å². The van der Waals surface area contributed by atoms with E-state index < -0.39 is 0 Å². The molecule has 0 aliphatic heterocycles. The van der Waals surface area contributed by atoms with E-state index in [0.29, 0.717) is 6.29 Å². The summed E-state index contributed by atoms with van der Waals surface area (Å²) in [7, 11) is 3.99. The molecule has 0 atom stereocenters. The van der Waals surface area contributed by atoms with Crippen molar-refractivity contribution in [2.75, 3.05) is 19.0 Å². The molecule has 0 N–H and O–H groups in total. The van der Waals surface area contributed by atoms with Crippen molar-refractivity contribution in [3.05, 3.63) is 42.1 Å². The predicted molar refractivity (Wildman–Crippen MR) is 63.6 cm³/mol. The molecule has 0 saturated heterocycles. The molecule has 0 aliphatic rings. The number of aldehydes is 1. The molecule has 1 aromatic rings. The Morgan fingerprint density at radius 3 is 2.40 bits per heavy atom. The van der Waals surface area contributed by atoms with Gasteiger partial charge in [0.15, 0.2) is 0 Å². The van der Waals surface area contributed by atoms with Crippen molar-refractivity contribution in [1.82, 2.24) is 0 Å². The Labute approximate surface area is 89.7 Å². The Hall–Kier alpha value is -1.90. The van der Waals surface area contributed by atoms with Crippen LogP contribution in [0.15, 0.2) is 41.5 Å². The summed E-state index contributed by atoms with van der Waals surface area (Å²) in [6.45, 7) is 0. The van der Waals surface area contributed by atoms with Gasteiger partial charge in [0.25, 0.3) is 0 Å². The van der Waals surface area contributed by atoms with E-state index in [9.17, 15) is 4.79 Å². The Balaban J connectivity index is 2.68. The Kier molecular flexibility index (Phi) is 4.29. The van der Waals surface area contributed by atoms with Gasteiger partial charge in [-0.15, -0.1) is 0 Å². The molecule has 0 aromatic heterocycles. The molecule has 15 heavy (non-hydrogen) atoms. The molecular formula is C12H14N2O. The second kappa shape index (κ2) is 5.75. The summed E-state index contributed by atoms with van der Waals surface area (Å²) >= 11 is 0. The Morgan fingerprint density at radius 1 is 1.20 bits per heavy atom. The summed E-state index contributed by atoms with van der Waals surface area (Å²) in [5, 5.41) is 0. The van der Waals surface area contributed by atoms with Gasteiger partial charge in [0, 0.05) is 32.2 Å². The van der Waals surface area contributed by atoms with Crippen LogP contribution < -0.4 is 4.90 Å². The topological polar surface area (TPSA) is 32.7 Å². The molecule has 0 spiro atoms. The molecule has 0 aliphatic carbocycles. The van der Waals surface area contributed by atoms with Crippen LogP contribution in [-0.2, 0) is 4.79 Å². The Morgan fingerprint density at radius 2 is 1.87 bits per heavy atom. The van der Waals surface area contributed by atoms with Gasteiger partial charge in [0.1, 0.15) is 6.29 Å². The monoisotopic (exact) mass is 202 g/mol. The van der Waals surface area contributed by atoms with Gasteiger partial charge < -0.3 is 4.90 Å². The highest BCUT2D eigenvalue weighted by Gasteiger charge is 1.92. The van der Waals surface area contributed by atoms with Gasteiger partial charge in [-0.25, -0.2) is 0 Å². The number of carbonyl (C=O) groups is 1. The normalized spacial score (nSPS) is 11.1. The van der Waals surface area contributed by atoms with Crippen LogP contribution in [0.4, 0.5) is 5.69 Å². The lowest BCUT2D eigenvalue weighted by Gasteiger charge is -2.11. The van der Waals surface area contributed by atoms with Crippen LogP contribution in [0.3, 0.4) is 0 Å². The van der Waals surface area contributed by atoms with Crippen LogP contribution in [-0.4, -0.2) is 26.6 Å². The van der Waals surface area contributed by atoms with E-state index in [1.54, 1.807) is 6.21 Å². The summed E-state index contributed by atoms with van der Waals surface area (Å²) in [6.07, 6.45) is 5.23. The summed E-state index contributed by atoms with van der Waals surface area (Å²) in [5.74, 6) is 0. The number of allylic oxidation sites excluding steroid dienone is 1. The molecule has 1 aromatic carbocycles. The van der Waals surface area contributed by atoms with Gasteiger partial charge in [-0.2, -0.15) is 0 Å². The van der Waals surface area contributed by atoms with Crippen molar-refractivity contribution >= 4 is 18.2 Å². The fraction of sp³-hybridized carbons (Fsp3) is 0.167. The van der Waals surface area contributed by atoms with Crippen LogP contribution in [0.2, 0.25) is 0 Å². The highest BCUT2D eigenvalue weighted by Crippen LogP contribution is 2.10. The Bertz CT molecular complexity index is 364. The first kappa shape index (κ1) is 11.2. The molecule has 0 bridgehead atoms. The highest BCUT2D eigenvalue weighted by atomic mass is 16.1. The molecule has 0 saturated carbocycles. The largest absolute Gasteiger partial charge is 0.378 e. The van der Waals surface area contributed by atoms with Crippen molar-refractivity contribution in [3.63, 3.8) is 0 Å². The maximum absolute atomic E-state index is 9.97. The van der Waals surface area contributed by atoms with E-state index >= 15 is 0 Å². The minimum atomic E-state index is 0.701. The van der Waals surface area contributed by atoms with Crippen LogP contribution in [0.1, 0.15) is 5.56 Å². The molecule has 0 amide bonds. The third-order valence-corrected chi connectivity index (χ3v) is 1.88. The molecule has 0 heterocycles. The van der Waals surface area contributed by atoms with Gasteiger partial charge in [-0.1, -0.05) is 12.1 Å². The number of anilines is 1. The number of hydrogen-bond acceptors (Lipinski definition) is 3. The third kappa shape index (κ3) is 3.77. The maximum Gasteiger partial charge on any atom is 0.144 e. The van der Waals surface area contributed by atoms with Gasteiger partial charge >= 0.3 is 0 Å². The predicted octanol–water partition coefficient (Wildman–Crippen LogP) is 1.88. The molecule has 78 valence electrons. The first-order valence-electron chi connectivity index (χ1n) is 4.65. The summed E-state index contributed by atoms with van der Waals surface area (Å²) in [4.78, 5) is 16.0. The molecule has 3 nitrogen and oxygen atoms in total. The summed E-state index contributed by atoms with van der Waals surface area (Å²) in [5.41, 5.74) is 2.16. The molecular weight excluding hydrogens is 188 g/mol. The number of hydrogen-bond donors (Lipinski definition) is 0. The van der Waals surface area contributed by atoms with Crippen LogP contribution >= 0.6 is 0 Å². The van der Waals surface area contributed by atoms with Crippen LogP contribution in [0.25, 0.3) is 0 Å². The zero-order chi connectivity index (χ0) is 11.1. The number of rotatable bonds is 4. The summed E-state index contributed by atoms with van der Waals surface area (Å²) in [6, 6.07) is 8.00. The van der Waals surface area contributed by atoms with E-state index in [1.165, 1.54) is 12.3 Å². The second-order valence-corrected chi connectivity index (χ2v) is 3.24. The van der Waals surface area contributed by atoms with E-state index in [0.717, 1.165) is 11.3 Å². The standard InChI is InChI=1S/C12H14N2O/c1-14(2)12-6-4-11(5-7-12)10-13-8-3-9-15/h3-10H,1-2H3. The van der Waals surface area contributed by atoms with Gasteiger partial charge in [-0.05, 0) is 23.8 Å².